The maximum Gasteiger partial charge on any atom is 0.313 e. The predicted molar refractivity (Wildman–Crippen MR) is 88.5 cm³/mol. The number of amides is 2. The Morgan fingerprint density at radius 3 is 2.62 bits per heavy atom. The highest BCUT2D eigenvalue weighted by Crippen LogP contribution is 2.30. The second kappa shape index (κ2) is 7.91. The second-order valence-electron chi connectivity index (χ2n) is 6.53. The van der Waals surface area contributed by atoms with Gasteiger partial charge in [0.15, 0.2) is 0 Å². The van der Waals surface area contributed by atoms with Crippen LogP contribution in [0.5, 0.6) is 0 Å². The molecular formula is C18H22FN3O2. The van der Waals surface area contributed by atoms with Gasteiger partial charge in [0.2, 0.25) is 0 Å². The minimum atomic E-state index is -0.807. The summed E-state index contributed by atoms with van der Waals surface area (Å²) >= 11 is 0. The van der Waals surface area contributed by atoms with E-state index in [1.54, 1.807) is 6.07 Å². The predicted octanol–water partition coefficient (Wildman–Crippen LogP) is 2.97. The van der Waals surface area contributed by atoms with Gasteiger partial charge < -0.3 is 10.6 Å². The number of nitrogens with one attached hydrogen (secondary N) is 2. The van der Waals surface area contributed by atoms with Gasteiger partial charge in [-0.3, -0.25) is 9.59 Å². The summed E-state index contributed by atoms with van der Waals surface area (Å²) in [6.07, 6.45) is 4.11. The number of nitriles is 1. The zero-order valence-electron chi connectivity index (χ0n) is 13.9. The average molecular weight is 331 g/mol. The molecule has 1 aliphatic rings. The van der Waals surface area contributed by atoms with Gasteiger partial charge in [-0.25, -0.2) is 4.39 Å². The van der Waals surface area contributed by atoms with Crippen molar-refractivity contribution < 1.29 is 14.0 Å². The number of nitrogens with zero attached hydrogens (tertiary/aromatic N) is 1. The number of benzene rings is 1. The number of carbonyl (C=O) groups is 2. The highest BCUT2D eigenvalue weighted by Gasteiger charge is 2.30. The highest BCUT2D eigenvalue weighted by atomic mass is 19.1. The maximum absolute atomic E-state index is 13.3. The summed E-state index contributed by atoms with van der Waals surface area (Å²) in [5.74, 6) is -1.36. The van der Waals surface area contributed by atoms with Crippen molar-refractivity contribution in [1.82, 2.24) is 5.32 Å². The molecule has 1 aromatic rings. The average Bonchev–Trinajstić information content (AvgIpc) is 2.56. The van der Waals surface area contributed by atoms with Crippen molar-refractivity contribution in [3.63, 3.8) is 0 Å². The van der Waals surface area contributed by atoms with Crippen molar-refractivity contribution in [3.8, 4) is 6.07 Å². The van der Waals surface area contributed by atoms with Crippen LogP contribution in [-0.4, -0.2) is 17.9 Å². The third-order valence-electron chi connectivity index (χ3n) is 4.54. The van der Waals surface area contributed by atoms with Crippen LogP contribution in [0.3, 0.4) is 0 Å². The van der Waals surface area contributed by atoms with E-state index in [4.69, 9.17) is 5.26 Å². The fourth-order valence-corrected chi connectivity index (χ4v) is 3.25. The van der Waals surface area contributed by atoms with Crippen LogP contribution in [0.2, 0.25) is 0 Å². The number of halogens is 1. The lowest BCUT2D eigenvalue weighted by atomic mass is 9.78. The molecule has 2 N–H and O–H groups in total. The van der Waals surface area contributed by atoms with Gasteiger partial charge in [0.1, 0.15) is 11.9 Å². The van der Waals surface area contributed by atoms with E-state index < -0.39 is 17.6 Å². The normalized spacial score (nSPS) is 20.3. The highest BCUT2D eigenvalue weighted by molar-refractivity contribution is 6.39. The van der Waals surface area contributed by atoms with Crippen LogP contribution in [0, 0.1) is 29.0 Å². The molecule has 2 rings (SSSR count). The van der Waals surface area contributed by atoms with Gasteiger partial charge >= 0.3 is 11.8 Å². The van der Waals surface area contributed by atoms with Gasteiger partial charge in [-0.1, -0.05) is 26.7 Å². The largest absolute Gasteiger partial charge is 0.345 e. The molecule has 0 saturated heterocycles. The van der Waals surface area contributed by atoms with Crippen LogP contribution in [0.1, 0.15) is 45.1 Å². The van der Waals surface area contributed by atoms with Crippen LogP contribution in [-0.2, 0) is 9.59 Å². The molecule has 0 unspecified atom stereocenters. The second-order valence-corrected chi connectivity index (χ2v) is 6.53. The number of anilines is 1. The molecular weight excluding hydrogens is 309 g/mol. The number of hydrogen-bond donors (Lipinski definition) is 2. The summed E-state index contributed by atoms with van der Waals surface area (Å²) in [5.41, 5.74) is 0.0394. The van der Waals surface area contributed by atoms with E-state index >= 15 is 0 Å². The molecule has 1 aliphatic carbocycles. The smallest absolute Gasteiger partial charge is 0.313 e. The summed E-state index contributed by atoms with van der Waals surface area (Å²) in [7, 11) is 0. The molecule has 0 aliphatic heterocycles. The Hall–Kier alpha value is -2.42. The lowest BCUT2D eigenvalue weighted by Gasteiger charge is -2.34. The van der Waals surface area contributed by atoms with Crippen molar-refractivity contribution >= 4 is 17.5 Å². The molecule has 1 aromatic carbocycles. The lowest BCUT2D eigenvalue weighted by Crippen LogP contribution is -2.47. The fourth-order valence-electron chi connectivity index (χ4n) is 3.25. The molecule has 24 heavy (non-hydrogen) atoms. The van der Waals surface area contributed by atoms with Crippen LogP contribution in [0.25, 0.3) is 0 Å². The molecule has 0 aromatic heterocycles. The minimum absolute atomic E-state index is 0.000104. The van der Waals surface area contributed by atoms with Gasteiger partial charge in [0.25, 0.3) is 0 Å². The molecule has 5 nitrogen and oxygen atoms in total. The molecule has 1 saturated carbocycles. The third-order valence-corrected chi connectivity index (χ3v) is 4.54. The summed E-state index contributed by atoms with van der Waals surface area (Å²) in [6, 6.07) is 5.31. The van der Waals surface area contributed by atoms with Gasteiger partial charge in [0.05, 0.1) is 5.56 Å². The minimum Gasteiger partial charge on any atom is -0.345 e. The molecule has 1 fully saturated rings. The molecule has 0 spiro atoms. The quantitative estimate of drug-likeness (QED) is 0.835. The molecule has 0 bridgehead atoms. The van der Waals surface area contributed by atoms with E-state index in [0.717, 1.165) is 31.7 Å². The summed E-state index contributed by atoms with van der Waals surface area (Å²) in [6.45, 7) is 4.24. The molecule has 2 amide bonds. The Kier molecular flexibility index (Phi) is 5.91. The van der Waals surface area contributed by atoms with Crippen molar-refractivity contribution in [3.05, 3.63) is 29.6 Å². The van der Waals surface area contributed by atoms with Crippen LogP contribution in [0.4, 0.5) is 10.1 Å². The van der Waals surface area contributed by atoms with Gasteiger partial charge in [-0.05, 0) is 42.9 Å². The number of hydrogen-bond acceptors (Lipinski definition) is 3. The Balaban J connectivity index is 1.99. The van der Waals surface area contributed by atoms with Crippen molar-refractivity contribution in [2.75, 3.05) is 5.32 Å². The summed E-state index contributed by atoms with van der Waals surface area (Å²) in [4.78, 5) is 24.2. The molecule has 0 radical (unpaired) electrons. The van der Waals surface area contributed by atoms with Gasteiger partial charge in [-0.15, -0.1) is 0 Å². The van der Waals surface area contributed by atoms with Crippen molar-refractivity contribution in [1.29, 1.82) is 5.26 Å². The van der Waals surface area contributed by atoms with Gasteiger partial charge in [-0.2, -0.15) is 5.26 Å². The Labute approximate surface area is 141 Å². The van der Waals surface area contributed by atoms with E-state index in [2.05, 4.69) is 24.5 Å². The van der Waals surface area contributed by atoms with Crippen LogP contribution in [0.15, 0.2) is 18.2 Å². The first kappa shape index (κ1) is 17.9. The summed E-state index contributed by atoms with van der Waals surface area (Å²) in [5, 5.41) is 14.0. The molecule has 0 heterocycles. The summed E-state index contributed by atoms with van der Waals surface area (Å²) < 4.78 is 13.3. The first-order chi connectivity index (χ1) is 11.4. The zero-order chi connectivity index (χ0) is 17.7. The van der Waals surface area contributed by atoms with Crippen LogP contribution < -0.4 is 10.6 Å². The van der Waals surface area contributed by atoms with E-state index in [1.165, 1.54) is 12.1 Å². The number of rotatable bonds is 3. The van der Waals surface area contributed by atoms with Crippen molar-refractivity contribution in [2.24, 2.45) is 11.8 Å². The topological polar surface area (TPSA) is 82.0 Å². The molecule has 2 atom stereocenters. The van der Waals surface area contributed by atoms with E-state index in [-0.39, 0.29) is 17.3 Å². The SMILES string of the molecule is CC(C)[C@@H]1CCCC[C@@H]1NC(=O)C(=O)Nc1ccc(F)c(C#N)c1. The van der Waals surface area contributed by atoms with E-state index in [0.29, 0.717) is 11.8 Å². The molecule has 128 valence electrons. The zero-order valence-corrected chi connectivity index (χ0v) is 13.9. The standard InChI is InChI=1S/C18H22FN3O2/c1-11(2)14-5-3-4-6-16(14)22-18(24)17(23)21-13-7-8-15(19)12(9-13)10-20/h7-9,11,14,16H,3-6H2,1-2H3,(H,21,23)(H,22,24)/t14-,16-/m0/s1. The first-order valence-electron chi connectivity index (χ1n) is 8.24. The third kappa shape index (κ3) is 4.31. The Morgan fingerprint density at radius 2 is 1.96 bits per heavy atom. The first-order valence-corrected chi connectivity index (χ1v) is 8.24. The van der Waals surface area contributed by atoms with Gasteiger partial charge in [0, 0.05) is 11.7 Å². The van der Waals surface area contributed by atoms with Crippen LogP contribution >= 0.6 is 0 Å². The fraction of sp³-hybridized carbons (Fsp3) is 0.500. The maximum atomic E-state index is 13.3. The van der Waals surface area contributed by atoms with E-state index in [1.807, 2.05) is 0 Å². The lowest BCUT2D eigenvalue weighted by molar-refractivity contribution is -0.137. The monoisotopic (exact) mass is 331 g/mol. The molecule has 6 heteroatoms. The van der Waals surface area contributed by atoms with Crippen molar-refractivity contribution in [2.45, 2.75) is 45.6 Å². The van der Waals surface area contributed by atoms with E-state index in [9.17, 15) is 14.0 Å². The Bertz CT molecular complexity index is 667. The number of carbonyl (C=O) groups excluding carboxylic acids is 2. The Morgan fingerprint density at radius 1 is 1.25 bits per heavy atom.